The second-order valence-corrected chi connectivity index (χ2v) is 17.3. The third kappa shape index (κ3) is 6.56. The number of aliphatic hydroxyl groups is 1. The second kappa shape index (κ2) is 13.7. The molecule has 2 aromatic carbocycles. The first-order valence-electron chi connectivity index (χ1n) is 17.9. The number of hydrogen-bond donors (Lipinski definition) is 2. The highest BCUT2D eigenvalue weighted by molar-refractivity contribution is 7.95. The Balaban J connectivity index is 1.24. The van der Waals surface area contributed by atoms with E-state index < -0.39 is 27.8 Å². The van der Waals surface area contributed by atoms with Crippen LogP contribution in [0.2, 0.25) is 5.02 Å². The van der Waals surface area contributed by atoms with Crippen LogP contribution < -0.4 is 14.4 Å². The van der Waals surface area contributed by atoms with Crippen LogP contribution in [0.5, 0.6) is 5.75 Å². The number of aromatic nitrogens is 4. The molecule has 274 valence electrons. The van der Waals surface area contributed by atoms with Crippen LogP contribution in [0.1, 0.15) is 54.1 Å². The lowest BCUT2D eigenvalue weighted by atomic mass is 9.68. The predicted octanol–water partition coefficient (Wildman–Crippen LogP) is 5.73. The van der Waals surface area contributed by atoms with E-state index in [9.17, 15) is 14.1 Å². The van der Waals surface area contributed by atoms with Gasteiger partial charge in [-0.05, 0) is 91.3 Å². The molecule has 14 heteroatoms. The Bertz CT molecular complexity index is 2180. The molecule has 12 nitrogen and oxygen atoms in total. The average molecular weight is 746 g/mol. The zero-order valence-corrected chi connectivity index (χ0v) is 31.1. The van der Waals surface area contributed by atoms with E-state index in [1.54, 1.807) is 44.1 Å². The molecular formula is C38H44ClN7O5S. The lowest BCUT2D eigenvalue weighted by molar-refractivity contribution is 0.0124. The number of carbonyl (C=O) groups excluding carboxylic acids is 1. The number of aliphatic hydroxyl groups excluding tert-OH is 1. The lowest BCUT2D eigenvalue weighted by Crippen LogP contribution is -2.49. The van der Waals surface area contributed by atoms with Crippen LogP contribution in [0.15, 0.2) is 65.4 Å². The van der Waals surface area contributed by atoms with Gasteiger partial charge in [-0.15, -0.1) is 4.36 Å². The van der Waals surface area contributed by atoms with Gasteiger partial charge in [0.05, 0.1) is 35.6 Å². The smallest absolute Gasteiger partial charge is 0.286 e. The molecule has 4 aromatic rings. The molecule has 52 heavy (non-hydrogen) atoms. The fourth-order valence-corrected chi connectivity index (χ4v) is 10.7. The summed E-state index contributed by atoms with van der Waals surface area (Å²) >= 11 is 6.46. The first kappa shape index (κ1) is 35.0. The molecule has 1 amide bonds. The predicted molar refractivity (Wildman–Crippen MR) is 201 cm³/mol. The molecule has 1 saturated carbocycles. The van der Waals surface area contributed by atoms with Crippen LogP contribution in [-0.2, 0) is 33.5 Å². The van der Waals surface area contributed by atoms with Crippen molar-refractivity contribution in [2.24, 2.45) is 29.2 Å². The van der Waals surface area contributed by atoms with Gasteiger partial charge in [-0.2, -0.15) is 5.10 Å². The quantitative estimate of drug-likeness (QED) is 0.251. The minimum atomic E-state index is -3.54. The molecule has 2 aliphatic heterocycles. The summed E-state index contributed by atoms with van der Waals surface area (Å²) in [5, 5.41) is 16.9. The molecule has 1 spiro atoms. The second-order valence-electron chi connectivity index (χ2n) is 14.9. The average Bonchev–Trinajstić information content (AvgIpc) is 3.43. The summed E-state index contributed by atoms with van der Waals surface area (Å²) in [7, 11) is -0.0794. The van der Waals surface area contributed by atoms with Crippen molar-refractivity contribution in [2.75, 3.05) is 42.2 Å². The maximum absolute atomic E-state index is 14.8. The van der Waals surface area contributed by atoms with Gasteiger partial charge < -0.3 is 19.5 Å². The Morgan fingerprint density at radius 3 is 2.83 bits per heavy atom. The summed E-state index contributed by atoms with van der Waals surface area (Å²) in [6.07, 6.45) is 10.5. The monoisotopic (exact) mass is 745 g/mol. The fourth-order valence-electron chi connectivity index (χ4n) is 8.52. The van der Waals surface area contributed by atoms with Gasteiger partial charge in [0.1, 0.15) is 22.0 Å². The van der Waals surface area contributed by atoms with Gasteiger partial charge in [-0.1, -0.05) is 36.7 Å². The number of carbonyl (C=O) groups is 1. The Morgan fingerprint density at radius 1 is 1.15 bits per heavy atom. The Hall–Kier alpha value is -4.04. The molecular weight excluding hydrogens is 702 g/mol. The number of benzene rings is 2. The number of ether oxygens (including phenoxy) is 2. The molecule has 8 rings (SSSR count). The van der Waals surface area contributed by atoms with Crippen LogP contribution in [0, 0.1) is 17.8 Å². The van der Waals surface area contributed by atoms with E-state index >= 15 is 0 Å². The highest BCUT2D eigenvalue weighted by Crippen LogP contribution is 2.47. The molecule has 7 atom stereocenters. The first-order chi connectivity index (χ1) is 25.0. The van der Waals surface area contributed by atoms with E-state index in [0.717, 1.165) is 49.4 Å². The molecule has 1 fully saturated rings. The largest absolute Gasteiger partial charge is 0.490 e. The summed E-state index contributed by atoms with van der Waals surface area (Å²) in [4.78, 5) is 25.1. The highest BCUT2D eigenvalue weighted by Gasteiger charge is 2.44. The zero-order chi connectivity index (χ0) is 36.2. The van der Waals surface area contributed by atoms with E-state index in [1.165, 1.54) is 17.5 Å². The molecule has 0 radical (unpaired) electrons. The number of aryl methyl sites for hydroxylation is 2. The van der Waals surface area contributed by atoms with E-state index in [4.69, 9.17) is 21.1 Å². The molecule has 2 aliphatic carbocycles. The summed E-state index contributed by atoms with van der Waals surface area (Å²) in [5.41, 5.74) is 3.76. The molecule has 4 aliphatic rings. The molecule has 2 aromatic heterocycles. The van der Waals surface area contributed by atoms with Crippen molar-refractivity contribution in [2.45, 2.75) is 56.7 Å². The van der Waals surface area contributed by atoms with E-state index in [2.05, 4.69) is 41.2 Å². The number of methoxy groups -OCH3 is 1. The third-order valence-electron chi connectivity index (χ3n) is 11.4. The van der Waals surface area contributed by atoms with E-state index in [1.807, 2.05) is 24.3 Å². The fraction of sp³-hybridized carbons (Fsp3) is 0.474. The van der Waals surface area contributed by atoms with Crippen LogP contribution in [-0.4, -0.2) is 79.7 Å². The van der Waals surface area contributed by atoms with Crippen LogP contribution in [0.3, 0.4) is 0 Å². The van der Waals surface area contributed by atoms with Gasteiger partial charge in [0.25, 0.3) is 5.91 Å². The molecule has 2 N–H and O–H groups in total. The lowest BCUT2D eigenvalue weighted by Gasteiger charge is -2.46. The maximum Gasteiger partial charge on any atom is 0.286 e. The first-order valence-corrected chi connectivity index (χ1v) is 20.0. The summed E-state index contributed by atoms with van der Waals surface area (Å²) in [5.74, 6) is 0.181. The van der Waals surface area contributed by atoms with Gasteiger partial charge >= 0.3 is 0 Å². The van der Waals surface area contributed by atoms with Crippen molar-refractivity contribution < 1.29 is 23.6 Å². The minimum absolute atomic E-state index is 0.133. The molecule has 1 unspecified atom stereocenters. The number of fused-ring (bicyclic) bond motifs is 5. The molecule has 0 saturated heterocycles. The van der Waals surface area contributed by atoms with Crippen molar-refractivity contribution in [1.29, 1.82) is 0 Å². The van der Waals surface area contributed by atoms with Crippen molar-refractivity contribution in [3.63, 3.8) is 0 Å². The number of rotatable bonds is 3. The normalized spacial score (nSPS) is 31.1. The summed E-state index contributed by atoms with van der Waals surface area (Å²) in [6.45, 7) is 3.72. The van der Waals surface area contributed by atoms with Gasteiger partial charge in [-0.3, -0.25) is 14.2 Å². The van der Waals surface area contributed by atoms with Crippen LogP contribution >= 0.6 is 11.6 Å². The van der Waals surface area contributed by atoms with Crippen molar-refractivity contribution in [3.05, 3.63) is 82.8 Å². The number of anilines is 2. The number of hydrogen-bond acceptors (Lipinski definition) is 9. The summed E-state index contributed by atoms with van der Waals surface area (Å²) in [6, 6.07) is 11.6. The molecule has 2 bridgehead atoms. The number of nitrogens with one attached hydrogen (secondary N) is 1. The Labute approximate surface area is 308 Å². The maximum atomic E-state index is 14.8. The van der Waals surface area contributed by atoms with Crippen molar-refractivity contribution >= 4 is 50.0 Å². The van der Waals surface area contributed by atoms with Gasteiger partial charge in [-0.25, -0.2) is 14.2 Å². The number of amides is 1. The van der Waals surface area contributed by atoms with E-state index in [0.29, 0.717) is 41.4 Å². The Kier molecular flexibility index (Phi) is 9.25. The zero-order valence-electron chi connectivity index (χ0n) is 29.6. The van der Waals surface area contributed by atoms with E-state index in [-0.39, 0.29) is 29.0 Å². The minimum Gasteiger partial charge on any atom is -0.490 e. The van der Waals surface area contributed by atoms with Crippen LogP contribution in [0.4, 0.5) is 11.5 Å². The van der Waals surface area contributed by atoms with Crippen molar-refractivity contribution in [1.82, 2.24) is 19.7 Å². The Morgan fingerprint density at radius 2 is 2.02 bits per heavy atom. The van der Waals surface area contributed by atoms with Crippen molar-refractivity contribution in [3.8, 4) is 5.75 Å². The highest BCUT2D eigenvalue weighted by atomic mass is 35.5. The summed E-state index contributed by atoms with van der Waals surface area (Å²) < 4.78 is 36.5. The number of nitrogens with zero attached hydrogens (tertiary/aromatic N) is 6. The molecule has 4 heterocycles. The topological polar surface area (TPSA) is 144 Å². The van der Waals surface area contributed by atoms with Gasteiger partial charge in [0, 0.05) is 49.4 Å². The number of halogens is 1. The van der Waals surface area contributed by atoms with Crippen LogP contribution in [0.25, 0.3) is 11.0 Å². The van der Waals surface area contributed by atoms with Gasteiger partial charge in [0.15, 0.2) is 11.5 Å². The van der Waals surface area contributed by atoms with Gasteiger partial charge in [0.2, 0.25) is 0 Å². The SMILES string of the molecule is CO[C@H]1/C=C/[C@H](O)[C@H](C)CS(=O)(Nc2ncnc3nn(C)cc23)=NC(=O)c2ccc3c(c2)N(C[C@@H]2CC[C@H]21)C[C@@]1(CCCc2cc(Cl)ccc21)CO3. The third-order valence-corrected chi connectivity index (χ3v) is 13.6. The standard InChI is InChI=1S/C38H44ClN7O5S/c1-23-19-52(49,43-36-29-18-45(2)42-35(29)40-22-41-36)44-37(48)25-7-12-34-31(16-25)46(17-26-6-9-28(26)33(50-3)13-11-32(23)47)20-38(21-51-34)14-4-5-24-15-27(39)8-10-30(24)38/h7-8,10-13,15-16,18,22-23,26,28,32-33,47H,4-6,9,14,17,19-21H2,1-3H3,(H,40,41,42,43,44,48,49)/b13-11+/t23-,26+,28-,32+,33+,38+,52?/m1/s1.